The lowest BCUT2D eigenvalue weighted by molar-refractivity contribution is 0.269. The summed E-state index contributed by atoms with van der Waals surface area (Å²) in [6.45, 7) is 12.1. The second-order valence-corrected chi connectivity index (χ2v) is 5.37. The van der Waals surface area contributed by atoms with Gasteiger partial charge in [0.2, 0.25) is 5.88 Å². The maximum atomic E-state index is 5.96. The van der Waals surface area contributed by atoms with Crippen LogP contribution < -0.4 is 15.8 Å². The second kappa shape index (κ2) is 5.89. The molecule has 102 valence electrons. The van der Waals surface area contributed by atoms with E-state index in [1.807, 2.05) is 6.92 Å². The lowest BCUT2D eigenvalue weighted by Gasteiger charge is -2.29. The minimum Gasteiger partial charge on any atom is -0.476 e. The van der Waals surface area contributed by atoms with Crippen molar-refractivity contribution in [2.24, 2.45) is 11.3 Å². The molecule has 0 aromatic carbocycles. The molecule has 0 unspecified atom stereocenters. The van der Waals surface area contributed by atoms with Crippen LogP contribution in [0.1, 0.15) is 34.6 Å². The van der Waals surface area contributed by atoms with Gasteiger partial charge in [0.1, 0.15) is 12.0 Å². The van der Waals surface area contributed by atoms with Gasteiger partial charge in [-0.15, -0.1) is 0 Å². The number of rotatable bonds is 6. The van der Waals surface area contributed by atoms with Crippen molar-refractivity contribution in [3.8, 4) is 5.88 Å². The van der Waals surface area contributed by atoms with E-state index in [-0.39, 0.29) is 5.41 Å². The first-order valence-corrected chi connectivity index (χ1v) is 6.35. The highest BCUT2D eigenvalue weighted by Crippen LogP contribution is 2.29. The smallest absolute Gasteiger partial charge is 0.242 e. The van der Waals surface area contributed by atoms with E-state index in [4.69, 9.17) is 10.5 Å². The number of aromatic nitrogens is 2. The van der Waals surface area contributed by atoms with Crippen molar-refractivity contribution < 1.29 is 4.74 Å². The van der Waals surface area contributed by atoms with Crippen molar-refractivity contribution in [2.45, 2.75) is 34.6 Å². The molecule has 18 heavy (non-hydrogen) atoms. The Hall–Kier alpha value is -1.52. The first kappa shape index (κ1) is 14.5. The molecule has 0 saturated heterocycles. The van der Waals surface area contributed by atoms with Gasteiger partial charge in [0.15, 0.2) is 5.82 Å². The number of nitrogen functional groups attached to an aromatic ring is 1. The lowest BCUT2D eigenvalue weighted by Crippen LogP contribution is -2.29. The maximum absolute atomic E-state index is 5.96. The van der Waals surface area contributed by atoms with Gasteiger partial charge in [-0.3, -0.25) is 0 Å². The predicted molar refractivity (Wildman–Crippen MR) is 74.7 cm³/mol. The fraction of sp³-hybridized carbons (Fsp3) is 0.692. The molecule has 0 fully saturated rings. The molecule has 0 saturated carbocycles. The van der Waals surface area contributed by atoms with Crippen LogP contribution in [-0.2, 0) is 0 Å². The molecule has 0 radical (unpaired) electrons. The molecule has 3 N–H and O–H groups in total. The Kier molecular flexibility index (Phi) is 4.76. The third-order valence-electron chi connectivity index (χ3n) is 3.40. The highest BCUT2D eigenvalue weighted by molar-refractivity contribution is 5.66. The molecule has 0 spiro atoms. The van der Waals surface area contributed by atoms with Gasteiger partial charge >= 0.3 is 0 Å². The third-order valence-corrected chi connectivity index (χ3v) is 3.40. The van der Waals surface area contributed by atoms with Crippen LogP contribution in [0.15, 0.2) is 6.33 Å². The standard InChI is InChI=1S/C13H24N4O/c1-6-18-12-10(14)11(16-8-17-12)15-7-13(4,5)9(2)3/h8-9H,6-7,14H2,1-5H3,(H,15,16,17). The van der Waals surface area contributed by atoms with Gasteiger partial charge in [-0.05, 0) is 18.3 Å². The number of anilines is 2. The summed E-state index contributed by atoms with van der Waals surface area (Å²) in [5.41, 5.74) is 6.60. The minimum atomic E-state index is 0.170. The minimum absolute atomic E-state index is 0.170. The molecule has 1 aromatic rings. The number of nitrogens with one attached hydrogen (secondary N) is 1. The molecule has 0 aliphatic carbocycles. The van der Waals surface area contributed by atoms with Gasteiger partial charge in [-0.25, -0.2) is 4.98 Å². The zero-order valence-electron chi connectivity index (χ0n) is 11.9. The molecule has 0 amide bonds. The van der Waals surface area contributed by atoms with Crippen molar-refractivity contribution >= 4 is 11.5 Å². The summed E-state index contributed by atoms with van der Waals surface area (Å²) in [5.74, 6) is 1.65. The van der Waals surface area contributed by atoms with Crippen LogP contribution in [0.3, 0.4) is 0 Å². The Morgan fingerprint density at radius 3 is 2.61 bits per heavy atom. The van der Waals surface area contributed by atoms with E-state index in [9.17, 15) is 0 Å². The van der Waals surface area contributed by atoms with Crippen molar-refractivity contribution in [3.63, 3.8) is 0 Å². The molecule has 5 heteroatoms. The first-order chi connectivity index (χ1) is 8.38. The summed E-state index contributed by atoms with van der Waals surface area (Å²) in [6.07, 6.45) is 1.46. The summed E-state index contributed by atoms with van der Waals surface area (Å²) in [7, 11) is 0. The average molecular weight is 252 g/mol. The van der Waals surface area contributed by atoms with E-state index in [1.165, 1.54) is 6.33 Å². The normalized spacial score (nSPS) is 11.7. The monoisotopic (exact) mass is 252 g/mol. The second-order valence-electron chi connectivity index (χ2n) is 5.37. The molecule has 1 aromatic heterocycles. The Morgan fingerprint density at radius 2 is 2.06 bits per heavy atom. The van der Waals surface area contributed by atoms with Gasteiger partial charge in [0.05, 0.1) is 6.61 Å². The lowest BCUT2D eigenvalue weighted by atomic mass is 9.81. The zero-order chi connectivity index (χ0) is 13.8. The highest BCUT2D eigenvalue weighted by atomic mass is 16.5. The SMILES string of the molecule is CCOc1ncnc(NCC(C)(C)C(C)C)c1N. The first-order valence-electron chi connectivity index (χ1n) is 6.35. The molecule has 0 aliphatic rings. The van der Waals surface area contributed by atoms with E-state index < -0.39 is 0 Å². The number of hydrogen-bond acceptors (Lipinski definition) is 5. The van der Waals surface area contributed by atoms with E-state index in [2.05, 4.69) is 43.0 Å². The summed E-state index contributed by atoms with van der Waals surface area (Å²) >= 11 is 0. The van der Waals surface area contributed by atoms with Crippen molar-refractivity contribution in [2.75, 3.05) is 24.2 Å². The number of ether oxygens (including phenoxy) is 1. The van der Waals surface area contributed by atoms with Crippen LogP contribution in [0.2, 0.25) is 0 Å². The largest absolute Gasteiger partial charge is 0.476 e. The Labute approximate surface area is 109 Å². The van der Waals surface area contributed by atoms with Gasteiger partial charge in [-0.1, -0.05) is 27.7 Å². The molecular formula is C13H24N4O. The molecule has 0 atom stereocenters. The van der Waals surface area contributed by atoms with Gasteiger partial charge < -0.3 is 15.8 Å². The average Bonchev–Trinajstić information content (AvgIpc) is 2.30. The predicted octanol–water partition coefficient (Wildman–Crippen LogP) is 2.55. The highest BCUT2D eigenvalue weighted by Gasteiger charge is 2.22. The van der Waals surface area contributed by atoms with Gasteiger partial charge in [0, 0.05) is 6.54 Å². The summed E-state index contributed by atoms with van der Waals surface area (Å²) in [6, 6.07) is 0. The van der Waals surface area contributed by atoms with Crippen LogP contribution in [-0.4, -0.2) is 23.1 Å². The topological polar surface area (TPSA) is 73.1 Å². The number of nitrogens with zero attached hydrogens (tertiary/aromatic N) is 2. The van der Waals surface area contributed by atoms with E-state index in [0.29, 0.717) is 29.9 Å². The number of nitrogens with two attached hydrogens (primary N) is 1. The van der Waals surface area contributed by atoms with Crippen LogP contribution in [0.4, 0.5) is 11.5 Å². The molecule has 0 aliphatic heterocycles. The van der Waals surface area contributed by atoms with Crippen LogP contribution in [0.25, 0.3) is 0 Å². The van der Waals surface area contributed by atoms with Crippen LogP contribution >= 0.6 is 0 Å². The molecule has 1 rings (SSSR count). The van der Waals surface area contributed by atoms with E-state index in [0.717, 1.165) is 6.54 Å². The summed E-state index contributed by atoms with van der Waals surface area (Å²) < 4.78 is 5.34. The van der Waals surface area contributed by atoms with E-state index >= 15 is 0 Å². The van der Waals surface area contributed by atoms with Crippen molar-refractivity contribution in [1.29, 1.82) is 0 Å². The van der Waals surface area contributed by atoms with Crippen LogP contribution in [0, 0.1) is 11.3 Å². The molecule has 1 heterocycles. The van der Waals surface area contributed by atoms with Crippen molar-refractivity contribution in [1.82, 2.24) is 9.97 Å². The van der Waals surface area contributed by atoms with Crippen molar-refractivity contribution in [3.05, 3.63) is 6.33 Å². The zero-order valence-corrected chi connectivity index (χ0v) is 11.9. The fourth-order valence-electron chi connectivity index (χ4n) is 1.29. The van der Waals surface area contributed by atoms with E-state index in [1.54, 1.807) is 0 Å². The quantitative estimate of drug-likeness (QED) is 0.814. The van der Waals surface area contributed by atoms with Crippen LogP contribution in [0.5, 0.6) is 5.88 Å². The van der Waals surface area contributed by atoms with Gasteiger partial charge in [0.25, 0.3) is 0 Å². The maximum Gasteiger partial charge on any atom is 0.242 e. The third kappa shape index (κ3) is 3.48. The Bertz CT molecular complexity index is 391. The molecule has 5 nitrogen and oxygen atoms in total. The van der Waals surface area contributed by atoms with Gasteiger partial charge in [-0.2, -0.15) is 4.98 Å². The Morgan fingerprint density at radius 1 is 1.39 bits per heavy atom. The molecular weight excluding hydrogens is 228 g/mol. The number of hydrogen-bond donors (Lipinski definition) is 2. The Balaban J connectivity index is 2.77. The fourth-order valence-corrected chi connectivity index (χ4v) is 1.29. The summed E-state index contributed by atoms with van der Waals surface area (Å²) in [5, 5.41) is 3.28. The summed E-state index contributed by atoms with van der Waals surface area (Å²) in [4.78, 5) is 8.17. The molecule has 0 bridgehead atoms.